The molecule has 2 atom stereocenters. The van der Waals surface area contributed by atoms with E-state index in [2.05, 4.69) is 4.90 Å². The first-order valence-electron chi connectivity index (χ1n) is 5.23. The van der Waals surface area contributed by atoms with Crippen LogP contribution < -0.4 is 0 Å². The molecule has 1 N–H and O–H groups in total. The van der Waals surface area contributed by atoms with Gasteiger partial charge in [-0.1, -0.05) is 6.92 Å². The molecule has 0 radical (unpaired) electrons. The Morgan fingerprint density at radius 2 is 2.29 bits per heavy atom. The third-order valence-corrected chi connectivity index (χ3v) is 4.60. The van der Waals surface area contributed by atoms with Crippen molar-refractivity contribution in [2.45, 2.75) is 19.4 Å². The van der Waals surface area contributed by atoms with Crippen molar-refractivity contribution < 1.29 is 9.90 Å². The van der Waals surface area contributed by atoms with Gasteiger partial charge in [0.1, 0.15) is 0 Å². The normalized spacial score (nSPS) is 31.4. The summed E-state index contributed by atoms with van der Waals surface area (Å²) in [7, 11) is 0. The molecule has 2 aliphatic rings. The molecule has 0 aromatic heterocycles. The van der Waals surface area contributed by atoms with Gasteiger partial charge >= 0.3 is 5.97 Å². The van der Waals surface area contributed by atoms with Crippen LogP contribution in [0.25, 0.3) is 0 Å². The predicted molar refractivity (Wildman–Crippen MR) is 57.6 cm³/mol. The van der Waals surface area contributed by atoms with Crippen molar-refractivity contribution in [2.24, 2.45) is 11.8 Å². The van der Waals surface area contributed by atoms with Gasteiger partial charge in [-0.05, 0) is 18.1 Å². The van der Waals surface area contributed by atoms with Crippen LogP contribution >= 0.6 is 11.8 Å². The summed E-state index contributed by atoms with van der Waals surface area (Å²) >= 11 is 2.02. The van der Waals surface area contributed by atoms with Gasteiger partial charge in [-0.25, -0.2) is 0 Å². The van der Waals surface area contributed by atoms with Crippen LogP contribution in [0.4, 0.5) is 0 Å². The molecule has 14 heavy (non-hydrogen) atoms. The van der Waals surface area contributed by atoms with Crippen LogP contribution in [-0.4, -0.2) is 46.6 Å². The summed E-state index contributed by atoms with van der Waals surface area (Å²) in [6.07, 6.45) is 1.29. The van der Waals surface area contributed by atoms with Crippen molar-refractivity contribution in [2.75, 3.05) is 24.6 Å². The van der Waals surface area contributed by atoms with Crippen LogP contribution in [0.3, 0.4) is 0 Å². The van der Waals surface area contributed by atoms with E-state index in [4.69, 9.17) is 5.11 Å². The molecule has 3 nitrogen and oxygen atoms in total. The molecule has 4 heteroatoms. The van der Waals surface area contributed by atoms with Crippen molar-refractivity contribution in [1.82, 2.24) is 4.90 Å². The Morgan fingerprint density at radius 3 is 2.79 bits per heavy atom. The Labute approximate surface area is 88.9 Å². The third-order valence-electron chi connectivity index (χ3n) is 3.46. The molecule has 2 aliphatic heterocycles. The minimum atomic E-state index is -0.643. The lowest BCUT2D eigenvalue weighted by Crippen LogP contribution is -2.55. The Kier molecular flexibility index (Phi) is 3.02. The first-order valence-corrected chi connectivity index (χ1v) is 6.38. The first kappa shape index (κ1) is 10.3. The average Bonchev–Trinajstić information content (AvgIpc) is 2.54. The van der Waals surface area contributed by atoms with Crippen LogP contribution in [0.15, 0.2) is 0 Å². The maximum atomic E-state index is 10.7. The van der Waals surface area contributed by atoms with E-state index >= 15 is 0 Å². The summed E-state index contributed by atoms with van der Waals surface area (Å²) in [4.78, 5) is 13.2. The Hall–Kier alpha value is -0.220. The number of aliphatic carboxylic acids is 1. The maximum Gasteiger partial charge on any atom is 0.306 e. The fraction of sp³-hybridized carbons (Fsp3) is 0.900. The van der Waals surface area contributed by atoms with Crippen molar-refractivity contribution in [1.29, 1.82) is 0 Å². The van der Waals surface area contributed by atoms with Gasteiger partial charge in [-0.3, -0.25) is 9.69 Å². The van der Waals surface area contributed by atoms with E-state index in [1.54, 1.807) is 0 Å². The van der Waals surface area contributed by atoms with Gasteiger partial charge in [0.05, 0.1) is 5.92 Å². The number of rotatable bonds is 3. The molecule has 0 bridgehead atoms. The molecule has 2 rings (SSSR count). The number of carbonyl (C=O) groups is 1. The first-order chi connectivity index (χ1) is 6.68. The number of carboxylic acids is 1. The van der Waals surface area contributed by atoms with Gasteiger partial charge in [0.2, 0.25) is 0 Å². The zero-order valence-electron chi connectivity index (χ0n) is 8.48. The van der Waals surface area contributed by atoms with E-state index in [0.29, 0.717) is 5.92 Å². The second-order valence-corrected chi connectivity index (χ2v) is 5.51. The van der Waals surface area contributed by atoms with E-state index in [-0.39, 0.29) is 5.92 Å². The van der Waals surface area contributed by atoms with Crippen LogP contribution in [0.2, 0.25) is 0 Å². The highest BCUT2D eigenvalue weighted by molar-refractivity contribution is 7.99. The van der Waals surface area contributed by atoms with Crippen molar-refractivity contribution >= 4 is 17.7 Å². The van der Waals surface area contributed by atoms with Gasteiger partial charge < -0.3 is 5.11 Å². The molecule has 2 unspecified atom stereocenters. The molecule has 0 amide bonds. The van der Waals surface area contributed by atoms with Gasteiger partial charge in [0.15, 0.2) is 0 Å². The summed E-state index contributed by atoms with van der Waals surface area (Å²) in [6, 6.07) is 0.734. The molecule has 0 aromatic rings. The molecule has 2 heterocycles. The fourth-order valence-corrected chi connectivity index (χ4v) is 3.43. The lowest BCUT2D eigenvalue weighted by Gasteiger charge is -2.44. The van der Waals surface area contributed by atoms with Crippen LogP contribution in [-0.2, 0) is 4.79 Å². The van der Waals surface area contributed by atoms with E-state index < -0.39 is 5.97 Å². The highest BCUT2D eigenvalue weighted by Gasteiger charge is 2.38. The molecular formula is C10H17NO2S. The molecular weight excluding hydrogens is 198 g/mol. The summed E-state index contributed by atoms with van der Waals surface area (Å²) in [5, 5.41) is 8.85. The van der Waals surface area contributed by atoms with Crippen LogP contribution in [0, 0.1) is 11.8 Å². The monoisotopic (exact) mass is 215 g/mol. The maximum absolute atomic E-state index is 10.7. The zero-order valence-corrected chi connectivity index (χ0v) is 9.30. The highest BCUT2D eigenvalue weighted by atomic mass is 32.2. The number of likely N-dealkylation sites (tertiary alicyclic amines) is 1. The minimum Gasteiger partial charge on any atom is -0.481 e. The molecule has 0 spiro atoms. The predicted octanol–water partition coefficient (Wildman–Crippen LogP) is 1.14. The number of carboxylic acid groups (broad SMARTS) is 1. The Morgan fingerprint density at radius 1 is 1.57 bits per heavy atom. The molecule has 0 saturated carbocycles. The zero-order chi connectivity index (χ0) is 10.1. The quantitative estimate of drug-likeness (QED) is 0.766. The minimum absolute atomic E-state index is 0.166. The van der Waals surface area contributed by atoms with Crippen molar-refractivity contribution in [3.05, 3.63) is 0 Å². The smallest absolute Gasteiger partial charge is 0.306 e. The van der Waals surface area contributed by atoms with E-state index in [1.165, 1.54) is 17.9 Å². The van der Waals surface area contributed by atoms with E-state index in [0.717, 1.165) is 19.1 Å². The van der Waals surface area contributed by atoms with Gasteiger partial charge in [-0.2, -0.15) is 11.8 Å². The number of nitrogens with zero attached hydrogens (tertiary/aromatic N) is 1. The largest absolute Gasteiger partial charge is 0.481 e. The summed E-state index contributed by atoms with van der Waals surface area (Å²) in [6.45, 7) is 3.82. The van der Waals surface area contributed by atoms with E-state index in [1.807, 2.05) is 18.7 Å². The summed E-state index contributed by atoms with van der Waals surface area (Å²) in [5.74, 6) is 2.10. The molecule has 2 saturated heterocycles. The van der Waals surface area contributed by atoms with Gasteiger partial charge in [0, 0.05) is 24.9 Å². The van der Waals surface area contributed by atoms with Gasteiger partial charge in [-0.15, -0.1) is 0 Å². The summed E-state index contributed by atoms with van der Waals surface area (Å²) in [5.41, 5.74) is 0. The number of hydrogen-bond acceptors (Lipinski definition) is 3. The fourth-order valence-electron chi connectivity index (χ4n) is 2.18. The standard InChI is InChI=1S/C10H17NO2S/c1-7(10(12)13)8-4-11(5-8)9-2-3-14-6-9/h7-9H,2-6H2,1H3,(H,12,13). The lowest BCUT2D eigenvalue weighted by molar-refractivity contribution is -0.145. The Bertz CT molecular complexity index is 222. The topological polar surface area (TPSA) is 40.5 Å². The molecule has 0 aliphatic carbocycles. The van der Waals surface area contributed by atoms with Crippen LogP contribution in [0.1, 0.15) is 13.3 Å². The Balaban J connectivity index is 1.75. The van der Waals surface area contributed by atoms with Crippen LogP contribution in [0.5, 0.6) is 0 Å². The van der Waals surface area contributed by atoms with Crippen molar-refractivity contribution in [3.8, 4) is 0 Å². The average molecular weight is 215 g/mol. The highest BCUT2D eigenvalue weighted by Crippen LogP contribution is 2.31. The summed E-state index contributed by atoms with van der Waals surface area (Å²) < 4.78 is 0. The van der Waals surface area contributed by atoms with Crippen molar-refractivity contribution in [3.63, 3.8) is 0 Å². The van der Waals surface area contributed by atoms with E-state index in [9.17, 15) is 4.79 Å². The third kappa shape index (κ3) is 1.91. The molecule has 2 fully saturated rings. The SMILES string of the molecule is CC(C(=O)O)C1CN(C2CCSC2)C1. The number of thioether (sulfide) groups is 1. The van der Waals surface area contributed by atoms with Gasteiger partial charge in [0.25, 0.3) is 0 Å². The molecule has 0 aromatic carbocycles. The molecule has 80 valence electrons. The second-order valence-electron chi connectivity index (χ2n) is 4.36. The second kappa shape index (κ2) is 4.11. The number of hydrogen-bond donors (Lipinski definition) is 1. The lowest BCUT2D eigenvalue weighted by atomic mass is 9.86.